The van der Waals surface area contributed by atoms with Crippen molar-refractivity contribution >= 4 is 29.9 Å². The fraction of sp³-hybridized carbons (Fsp3) is 0.923. The van der Waals surface area contributed by atoms with Gasteiger partial charge in [0.25, 0.3) is 0 Å². The van der Waals surface area contributed by atoms with E-state index in [4.69, 9.17) is 0 Å². The summed E-state index contributed by atoms with van der Waals surface area (Å²) < 4.78 is 0. The second-order valence-corrected chi connectivity index (χ2v) is 5.67. The fourth-order valence-corrected chi connectivity index (χ4v) is 2.87. The van der Waals surface area contributed by atoms with Crippen LogP contribution < -0.4 is 5.32 Å². The smallest absolute Gasteiger partial charge is 0.193 e. The van der Waals surface area contributed by atoms with E-state index in [2.05, 4.69) is 29.1 Å². The van der Waals surface area contributed by atoms with Crippen LogP contribution in [0.25, 0.3) is 0 Å². The molecule has 1 aliphatic heterocycles. The number of nitrogens with zero attached hydrogens (tertiary/aromatic N) is 2. The van der Waals surface area contributed by atoms with E-state index in [0.29, 0.717) is 6.04 Å². The molecule has 1 saturated heterocycles. The van der Waals surface area contributed by atoms with Crippen molar-refractivity contribution in [3.8, 4) is 0 Å². The maximum absolute atomic E-state index is 4.43. The average molecular weight is 351 g/mol. The highest BCUT2D eigenvalue weighted by atomic mass is 127. The number of nitrogens with one attached hydrogen (secondary N) is 1. The van der Waals surface area contributed by atoms with Gasteiger partial charge in [0.15, 0.2) is 5.96 Å². The maximum Gasteiger partial charge on any atom is 0.193 e. The number of halogens is 1. The molecule has 2 unspecified atom stereocenters. The number of hydrogen-bond donors (Lipinski definition) is 1. The summed E-state index contributed by atoms with van der Waals surface area (Å²) in [5, 5.41) is 3.59. The van der Waals surface area contributed by atoms with Gasteiger partial charge in [-0.25, -0.2) is 0 Å². The van der Waals surface area contributed by atoms with Crippen LogP contribution in [0, 0.1) is 11.8 Å². The van der Waals surface area contributed by atoms with E-state index in [-0.39, 0.29) is 24.0 Å². The second-order valence-electron chi connectivity index (χ2n) is 5.67. The fourth-order valence-electron chi connectivity index (χ4n) is 2.87. The molecule has 100 valence electrons. The van der Waals surface area contributed by atoms with E-state index in [1.165, 1.54) is 25.7 Å². The lowest BCUT2D eigenvalue weighted by Crippen LogP contribution is -2.52. The Morgan fingerprint density at radius 2 is 1.76 bits per heavy atom. The van der Waals surface area contributed by atoms with Crippen molar-refractivity contribution in [1.82, 2.24) is 10.2 Å². The van der Waals surface area contributed by atoms with Crippen LogP contribution in [-0.4, -0.2) is 37.0 Å². The van der Waals surface area contributed by atoms with Gasteiger partial charge < -0.3 is 10.2 Å². The quantitative estimate of drug-likeness (QED) is 0.447. The summed E-state index contributed by atoms with van der Waals surface area (Å²) >= 11 is 0. The molecule has 1 saturated carbocycles. The van der Waals surface area contributed by atoms with Gasteiger partial charge in [0.2, 0.25) is 0 Å². The SMILES string of the molecule is CN=C(NC1CCC1)N1CC(C)CC(C)C1.I. The number of guanidine groups is 1. The number of piperidine rings is 1. The van der Waals surface area contributed by atoms with Gasteiger partial charge in [0.1, 0.15) is 0 Å². The van der Waals surface area contributed by atoms with Crippen molar-refractivity contribution in [1.29, 1.82) is 0 Å². The molecule has 0 aromatic carbocycles. The molecule has 2 aliphatic rings. The molecular weight excluding hydrogens is 325 g/mol. The van der Waals surface area contributed by atoms with E-state index >= 15 is 0 Å². The normalized spacial score (nSPS) is 30.5. The van der Waals surface area contributed by atoms with E-state index in [0.717, 1.165) is 30.9 Å². The molecule has 1 N–H and O–H groups in total. The Morgan fingerprint density at radius 1 is 1.18 bits per heavy atom. The van der Waals surface area contributed by atoms with Gasteiger partial charge in [0, 0.05) is 26.2 Å². The largest absolute Gasteiger partial charge is 0.354 e. The molecule has 2 rings (SSSR count). The minimum atomic E-state index is 0. The van der Waals surface area contributed by atoms with Crippen LogP contribution in [-0.2, 0) is 0 Å². The van der Waals surface area contributed by atoms with Gasteiger partial charge in [-0.05, 0) is 37.5 Å². The molecule has 0 radical (unpaired) electrons. The van der Waals surface area contributed by atoms with Crippen molar-refractivity contribution in [3.05, 3.63) is 0 Å². The highest BCUT2D eigenvalue weighted by Crippen LogP contribution is 2.22. The third kappa shape index (κ3) is 4.00. The van der Waals surface area contributed by atoms with E-state index in [1.54, 1.807) is 0 Å². The predicted molar refractivity (Wildman–Crippen MR) is 84.1 cm³/mol. The van der Waals surface area contributed by atoms with Crippen molar-refractivity contribution in [3.63, 3.8) is 0 Å². The molecule has 3 nitrogen and oxygen atoms in total. The van der Waals surface area contributed by atoms with Gasteiger partial charge in [-0.3, -0.25) is 4.99 Å². The summed E-state index contributed by atoms with van der Waals surface area (Å²) in [5.41, 5.74) is 0. The summed E-state index contributed by atoms with van der Waals surface area (Å²) in [5.74, 6) is 2.72. The number of rotatable bonds is 1. The summed E-state index contributed by atoms with van der Waals surface area (Å²) in [6, 6.07) is 0.686. The van der Waals surface area contributed by atoms with Crippen LogP contribution in [0.15, 0.2) is 4.99 Å². The number of likely N-dealkylation sites (tertiary alicyclic amines) is 1. The van der Waals surface area contributed by atoms with Crippen LogP contribution in [0.5, 0.6) is 0 Å². The van der Waals surface area contributed by atoms with Crippen molar-refractivity contribution < 1.29 is 0 Å². The van der Waals surface area contributed by atoms with Gasteiger partial charge in [0.05, 0.1) is 0 Å². The first-order valence-corrected chi connectivity index (χ1v) is 6.67. The molecule has 2 atom stereocenters. The first kappa shape index (κ1) is 15.1. The molecule has 17 heavy (non-hydrogen) atoms. The zero-order valence-corrected chi connectivity index (χ0v) is 13.6. The molecule has 0 bridgehead atoms. The van der Waals surface area contributed by atoms with Crippen LogP contribution in [0.1, 0.15) is 39.5 Å². The Hall–Kier alpha value is 0. The number of aliphatic imine (C=N–C) groups is 1. The molecule has 1 heterocycles. The Balaban J connectivity index is 0.00000144. The third-order valence-electron chi connectivity index (χ3n) is 3.82. The summed E-state index contributed by atoms with van der Waals surface area (Å²) in [7, 11) is 1.91. The Labute approximate surface area is 122 Å². The topological polar surface area (TPSA) is 27.6 Å². The Kier molecular flexibility index (Phi) is 6.03. The monoisotopic (exact) mass is 351 g/mol. The minimum absolute atomic E-state index is 0. The van der Waals surface area contributed by atoms with Crippen LogP contribution in [0.3, 0.4) is 0 Å². The van der Waals surface area contributed by atoms with Gasteiger partial charge in [-0.1, -0.05) is 13.8 Å². The highest BCUT2D eigenvalue weighted by Gasteiger charge is 2.26. The zero-order chi connectivity index (χ0) is 11.5. The molecule has 0 spiro atoms. The van der Waals surface area contributed by atoms with E-state index < -0.39 is 0 Å². The van der Waals surface area contributed by atoms with Crippen LogP contribution in [0.2, 0.25) is 0 Å². The third-order valence-corrected chi connectivity index (χ3v) is 3.82. The lowest BCUT2D eigenvalue weighted by molar-refractivity contribution is 0.204. The second kappa shape index (κ2) is 6.81. The van der Waals surface area contributed by atoms with Crippen molar-refractivity contribution in [2.45, 2.75) is 45.6 Å². The van der Waals surface area contributed by atoms with Gasteiger partial charge >= 0.3 is 0 Å². The Morgan fingerprint density at radius 3 is 2.18 bits per heavy atom. The van der Waals surface area contributed by atoms with Gasteiger partial charge in [-0.2, -0.15) is 0 Å². The van der Waals surface area contributed by atoms with Crippen LogP contribution in [0.4, 0.5) is 0 Å². The lowest BCUT2D eigenvalue weighted by atomic mass is 9.91. The van der Waals surface area contributed by atoms with Gasteiger partial charge in [-0.15, -0.1) is 24.0 Å². The summed E-state index contributed by atoms with van der Waals surface area (Å²) in [4.78, 5) is 6.88. The molecule has 2 fully saturated rings. The summed E-state index contributed by atoms with van der Waals surface area (Å²) in [6.45, 7) is 7.02. The van der Waals surface area contributed by atoms with Crippen molar-refractivity contribution in [2.75, 3.05) is 20.1 Å². The average Bonchev–Trinajstić information content (AvgIpc) is 2.14. The standard InChI is InChI=1S/C13H25N3.HI/c1-10-7-11(2)9-16(8-10)13(14-3)15-12-5-4-6-12;/h10-12H,4-9H2,1-3H3,(H,14,15);1H. The molecule has 0 aromatic heterocycles. The predicted octanol–water partition coefficient (Wildman–Crippen LogP) is 2.71. The molecule has 0 aromatic rings. The Bertz CT molecular complexity index is 253. The maximum atomic E-state index is 4.43. The molecule has 4 heteroatoms. The highest BCUT2D eigenvalue weighted by molar-refractivity contribution is 14.0. The van der Waals surface area contributed by atoms with E-state index in [9.17, 15) is 0 Å². The van der Waals surface area contributed by atoms with Crippen LogP contribution >= 0.6 is 24.0 Å². The molecule has 1 aliphatic carbocycles. The molecule has 0 amide bonds. The first-order valence-electron chi connectivity index (χ1n) is 6.67. The van der Waals surface area contributed by atoms with Crippen molar-refractivity contribution in [2.24, 2.45) is 16.8 Å². The number of hydrogen-bond acceptors (Lipinski definition) is 1. The summed E-state index contributed by atoms with van der Waals surface area (Å²) in [6.07, 6.45) is 5.37. The van der Waals surface area contributed by atoms with E-state index in [1.807, 2.05) is 7.05 Å². The molecular formula is C13H26IN3. The minimum Gasteiger partial charge on any atom is -0.354 e. The zero-order valence-electron chi connectivity index (χ0n) is 11.3. The lowest BCUT2D eigenvalue weighted by Gasteiger charge is -2.39. The first-order chi connectivity index (χ1) is 7.69.